The Kier molecular flexibility index (Phi) is 3.36. The molecular weight excluding hydrogens is 186 g/mol. The third-order valence-corrected chi connectivity index (χ3v) is 2.37. The molecule has 0 aromatic carbocycles. The summed E-state index contributed by atoms with van der Waals surface area (Å²) in [5, 5.41) is 1.23. The van der Waals surface area contributed by atoms with Crippen molar-refractivity contribution in [3.8, 4) is 5.88 Å². The first kappa shape index (κ1) is 10.1. The van der Waals surface area contributed by atoms with Crippen molar-refractivity contribution >= 4 is 17.4 Å². The van der Waals surface area contributed by atoms with Crippen molar-refractivity contribution in [3.05, 3.63) is 6.33 Å². The summed E-state index contributed by atoms with van der Waals surface area (Å²) in [5.41, 5.74) is 6.29. The summed E-state index contributed by atoms with van der Waals surface area (Å²) >= 11 is 1.60. The van der Waals surface area contributed by atoms with E-state index in [0.29, 0.717) is 16.8 Å². The number of anilines is 1. The third kappa shape index (κ3) is 2.48. The largest absolute Gasteiger partial charge is 0.479 e. The van der Waals surface area contributed by atoms with Crippen molar-refractivity contribution in [2.45, 2.75) is 24.1 Å². The van der Waals surface area contributed by atoms with Crippen molar-refractivity contribution in [1.82, 2.24) is 9.97 Å². The Labute approximate surface area is 81.9 Å². The Balaban J connectivity index is 2.94. The molecule has 0 radical (unpaired) electrons. The zero-order valence-electron chi connectivity index (χ0n) is 7.94. The molecule has 1 aromatic heterocycles. The normalized spacial score (nSPS) is 10.5. The van der Waals surface area contributed by atoms with Gasteiger partial charge in [0.05, 0.1) is 7.11 Å². The molecule has 5 heteroatoms. The van der Waals surface area contributed by atoms with Gasteiger partial charge in [0.25, 0.3) is 0 Å². The topological polar surface area (TPSA) is 61.0 Å². The average Bonchev–Trinajstić information content (AvgIpc) is 2.08. The van der Waals surface area contributed by atoms with Gasteiger partial charge in [-0.3, -0.25) is 0 Å². The minimum Gasteiger partial charge on any atom is -0.479 e. The summed E-state index contributed by atoms with van der Waals surface area (Å²) in [5.74, 6) is 0.443. The highest BCUT2D eigenvalue weighted by Gasteiger charge is 2.09. The van der Waals surface area contributed by atoms with Crippen LogP contribution in [0.3, 0.4) is 0 Å². The fraction of sp³-hybridized carbons (Fsp3) is 0.500. The van der Waals surface area contributed by atoms with Crippen LogP contribution in [0.4, 0.5) is 5.69 Å². The molecule has 0 amide bonds. The Morgan fingerprint density at radius 1 is 1.46 bits per heavy atom. The molecule has 0 saturated carbocycles. The van der Waals surface area contributed by atoms with Gasteiger partial charge in [0, 0.05) is 5.25 Å². The number of thioether (sulfide) groups is 1. The number of nitrogens with two attached hydrogens (primary N) is 1. The molecule has 13 heavy (non-hydrogen) atoms. The third-order valence-electron chi connectivity index (χ3n) is 1.35. The second-order valence-electron chi connectivity index (χ2n) is 2.77. The van der Waals surface area contributed by atoms with E-state index in [1.807, 2.05) is 0 Å². The summed E-state index contributed by atoms with van der Waals surface area (Å²) in [6.45, 7) is 4.16. The van der Waals surface area contributed by atoms with Gasteiger partial charge >= 0.3 is 0 Å². The van der Waals surface area contributed by atoms with Crippen LogP contribution in [0.15, 0.2) is 11.4 Å². The number of methoxy groups -OCH3 is 1. The van der Waals surface area contributed by atoms with Gasteiger partial charge in [0.2, 0.25) is 5.88 Å². The van der Waals surface area contributed by atoms with Gasteiger partial charge in [-0.2, -0.15) is 4.98 Å². The van der Waals surface area contributed by atoms with Crippen molar-refractivity contribution < 1.29 is 4.74 Å². The molecule has 72 valence electrons. The van der Waals surface area contributed by atoms with E-state index in [9.17, 15) is 0 Å². The van der Waals surface area contributed by atoms with E-state index in [1.54, 1.807) is 18.9 Å². The van der Waals surface area contributed by atoms with Gasteiger partial charge in [-0.05, 0) is 0 Å². The van der Waals surface area contributed by atoms with Gasteiger partial charge in [0.15, 0.2) is 0 Å². The van der Waals surface area contributed by atoms with E-state index in [-0.39, 0.29) is 0 Å². The molecule has 0 aliphatic rings. The van der Waals surface area contributed by atoms with E-state index in [4.69, 9.17) is 10.5 Å². The number of ether oxygens (including phenoxy) is 1. The second-order valence-corrected chi connectivity index (χ2v) is 4.33. The minimum absolute atomic E-state index is 0.443. The van der Waals surface area contributed by atoms with Gasteiger partial charge in [-0.25, -0.2) is 4.98 Å². The molecule has 0 unspecified atom stereocenters. The number of nitrogen functional groups attached to an aromatic ring is 1. The Hall–Kier alpha value is -0.970. The molecule has 0 atom stereocenters. The first-order valence-corrected chi connectivity index (χ1v) is 4.84. The van der Waals surface area contributed by atoms with Crippen LogP contribution in [0, 0.1) is 0 Å². The Morgan fingerprint density at radius 2 is 2.15 bits per heavy atom. The van der Waals surface area contributed by atoms with Crippen LogP contribution >= 0.6 is 11.8 Å². The lowest BCUT2D eigenvalue weighted by Crippen LogP contribution is -2.00. The highest BCUT2D eigenvalue weighted by atomic mass is 32.2. The maximum absolute atomic E-state index is 5.77. The monoisotopic (exact) mass is 199 g/mol. The lowest BCUT2D eigenvalue weighted by molar-refractivity contribution is 0.397. The van der Waals surface area contributed by atoms with Crippen molar-refractivity contribution in [1.29, 1.82) is 0 Å². The Morgan fingerprint density at radius 3 is 2.69 bits per heavy atom. The van der Waals surface area contributed by atoms with Gasteiger partial charge < -0.3 is 10.5 Å². The summed E-state index contributed by atoms with van der Waals surface area (Å²) < 4.78 is 4.98. The number of nitrogens with zero attached hydrogens (tertiary/aromatic N) is 2. The van der Waals surface area contributed by atoms with Crippen molar-refractivity contribution in [3.63, 3.8) is 0 Å². The lowest BCUT2D eigenvalue weighted by Gasteiger charge is -2.08. The molecule has 1 heterocycles. The van der Waals surface area contributed by atoms with Crippen LogP contribution in [-0.2, 0) is 0 Å². The minimum atomic E-state index is 0.443. The number of aromatic nitrogens is 2. The zero-order chi connectivity index (χ0) is 9.84. The average molecular weight is 199 g/mol. The van der Waals surface area contributed by atoms with Crippen LogP contribution < -0.4 is 10.5 Å². The number of hydrogen-bond acceptors (Lipinski definition) is 5. The molecule has 2 N–H and O–H groups in total. The molecular formula is C8H13N3OS. The summed E-state index contributed by atoms with van der Waals surface area (Å²) in [4.78, 5) is 7.97. The summed E-state index contributed by atoms with van der Waals surface area (Å²) in [7, 11) is 1.54. The van der Waals surface area contributed by atoms with Crippen molar-refractivity contribution in [2.75, 3.05) is 12.8 Å². The molecule has 0 fully saturated rings. The fourth-order valence-corrected chi connectivity index (χ4v) is 1.61. The molecule has 1 aromatic rings. The maximum atomic E-state index is 5.77. The Bertz CT molecular complexity index is 291. The molecule has 1 rings (SSSR count). The highest BCUT2D eigenvalue weighted by molar-refractivity contribution is 7.99. The standard InChI is InChI=1S/C8H13N3OS/c1-5(2)13-8-6(9)7(12-3)10-4-11-8/h4-5H,9H2,1-3H3. The number of hydrogen-bond donors (Lipinski definition) is 1. The summed E-state index contributed by atoms with van der Waals surface area (Å²) in [6.07, 6.45) is 1.46. The lowest BCUT2D eigenvalue weighted by atomic mass is 10.5. The second kappa shape index (κ2) is 4.32. The first-order valence-electron chi connectivity index (χ1n) is 3.96. The van der Waals surface area contributed by atoms with Crippen molar-refractivity contribution in [2.24, 2.45) is 0 Å². The predicted molar refractivity (Wildman–Crippen MR) is 54.0 cm³/mol. The molecule has 0 aliphatic carbocycles. The fourth-order valence-electron chi connectivity index (χ4n) is 0.844. The predicted octanol–water partition coefficient (Wildman–Crippen LogP) is 1.57. The zero-order valence-corrected chi connectivity index (χ0v) is 8.76. The highest BCUT2D eigenvalue weighted by Crippen LogP contribution is 2.30. The molecule has 0 aliphatic heterocycles. The van der Waals surface area contributed by atoms with E-state index >= 15 is 0 Å². The molecule has 4 nitrogen and oxygen atoms in total. The smallest absolute Gasteiger partial charge is 0.241 e. The molecule has 0 saturated heterocycles. The van der Waals surface area contributed by atoms with E-state index in [2.05, 4.69) is 23.8 Å². The van der Waals surface area contributed by atoms with Gasteiger partial charge in [-0.1, -0.05) is 13.8 Å². The first-order chi connectivity index (χ1) is 6.15. The number of rotatable bonds is 3. The van der Waals surface area contributed by atoms with E-state index in [0.717, 1.165) is 5.03 Å². The summed E-state index contributed by atoms with van der Waals surface area (Å²) in [6, 6.07) is 0. The maximum Gasteiger partial charge on any atom is 0.241 e. The van der Waals surface area contributed by atoms with Gasteiger partial charge in [-0.15, -0.1) is 11.8 Å². The van der Waals surface area contributed by atoms with Crippen LogP contribution in [0.5, 0.6) is 5.88 Å². The SMILES string of the molecule is COc1ncnc(SC(C)C)c1N. The molecule has 0 bridgehead atoms. The van der Waals surface area contributed by atoms with E-state index < -0.39 is 0 Å². The molecule has 0 spiro atoms. The van der Waals surface area contributed by atoms with Gasteiger partial charge in [0.1, 0.15) is 17.0 Å². The van der Waals surface area contributed by atoms with E-state index in [1.165, 1.54) is 6.33 Å². The van der Waals surface area contributed by atoms with Crippen LogP contribution in [0.2, 0.25) is 0 Å². The van der Waals surface area contributed by atoms with Crippen LogP contribution in [0.25, 0.3) is 0 Å². The quantitative estimate of drug-likeness (QED) is 0.591. The van der Waals surface area contributed by atoms with Crippen LogP contribution in [-0.4, -0.2) is 22.3 Å². The van der Waals surface area contributed by atoms with Crippen LogP contribution in [0.1, 0.15) is 13.8 Å².